The number of nitriles is 1. The quantitative estimate of drug-likeness (QED) is 0.453. The maximum absolute atomic E-state index is 11.0. The highest BCUT2D eigenvalue weighted by molar-refractivity contribution is 5.64. The molecule has 0 atom stereocenters. The van der Waals surface area contributed by atoms with Crippen molar-refractivity contribution in [3.05, 3.63) is 68.3 Å². The number of rotatable bonds is 7. The Hall–Kier alpha value is -3.67. The van der Waals surface area contributed by atoms with Crippen molar-refractivity contribution in [2.45, 2.75) is 0 Å². The lowest BCUT2D eigenvalue weighted by Gasteiger charge is -2.09. The maximum Gasteiger partial charge on any atom is 0.293 e. The van der Waals surface area contributed by atoms with Crippen molar-refractivity contribution in [3.8, 4) is 6.07 Å². The number of nitro benzene ring substituents is 2. The van der Waals surface area contributed by atoms with Crippen LogP contribution in [0, 0.1) is 31.6 Å². The normalized spacial score (nSPS) is 9.79. The second kappa shape index (κ2) is 7.55. The minimum absolute atomic E-state index is 0.0400. The predicted octanol–water partition coefficient (Wildman–Crippen LogP) is 2.90. The molecule has 0 aromatic heterocycles. The van der Waals surface area contributed by atoms with E-state index in [1.807, 2.05) is 6.07 Å². The van der Waals surface area contributed by atoms with E-state index in [0.29, 0.717) is 18.8 Å². The van der Waals surface area contributed by atoms with Crippen LogP contribution in [0.15, 0.2) is 42.5 Å². The molecule has 0 radical (unpaired) electrons. The van der Waals surface area contributed by atoms with Gasteiger partial charge in [-0.2, -0.15) is 5.26 Å². The van der Waals surface area contributed by atoms with Gasteiger partial charge in [-0.3, -0.25) is 20.2 Å². The van der Waals surface area contributed by atoms with Crippen molar-refractivity contribution >= 4 is 22.7 Å². The average molecular weight is 327 g/mol. The Morgan fingerprint density at radius 1 is 0.917 bits per heavy atom. The van der Waals surface area contributed by atoms with Gasteiger partial charge in [0.2, 0.25) is 0 Å². The number of anilines is 2. The van der Waals surface area contributed by atoms with Crippen molar-refractivity contribution < 1.29 is 9.85 Å². The zero-order valence-electron chi connectivity index (χ0n) is 12.4. The smallest absolute Gasteiger partial charge is 0.293 e. The van der Waals surface area contributed by atoms with Gasteiger partial charge < -0.3 is 10.6 Å². The highest BCUT2D eigenvalue weighted by Gasteiger charge is 2.15. The topological polar surface area (TPSA) is 134 Å². The van der Waals surface area contributed by atoms with Crippen LogP contribution in [0.1, 0.15) is 5.56 Å². The molecule has 122 valence electrons. The third-order valence-corrected chi connectivity index (χ3v) is 3.18. The van der Waals surface area contributed by atoms with Gasteiger partial charge in [-0.1, -0.05) is 12.1 Å². The third-order valence-electron chi connectivity index (χ3n) is 3.18. The molecule has 0 aliphatic heterocycles. The van der Waals surface area contributed by atoms with Crippen molar-refractivity contribution in [1.82, 2.24) is 0 Å². The molecule has 2 rings (SSSR count). The van der Waals surface area contributed by atoms with Gasteiger partial charge >= 0.3 is 0 Å². The highest BCUT2D eigenvalue weighted by atomic mass is 16.6. The Bertz CT molecular complexity index is 816. The Morgan fingerprint density at radius 2 is 1.50 bits per heavy atom. The summed E-state index contributed by atoms with van der Waals surface area (Å²) in [5.74, 6) is 0. The number of nitrogens with zero attached hydrogens (tertiary/aromatic N) is 3. The van der Waals surface area contributed by atoms with E-state index in [2.05, 4.69) is 10.6 Å². The molecule has 2 N–H and O–H groups in total. The van der Waals surface area contributed by atoms with Crippen LogP contribution in [0.25, 0.3) is 0 Å². The van der Waals surface area contributed by atoms with Gasteiger partial charge in [0.15, 0.2) is 0 Å². The van der Waals surface area contributed by atoms with Crippen molar-refractivity contribution in [3.63, 3.8) is 0 Å². The summed E-state index contributed by atoms with van der Waals surface area (Å²) in [6.45, 7) is 0.626. The molecule has 9 nitrogen and oxygen atoms in total. The fourth-order valence-corrected chi connectivity index (χ4v) is 2.08. The fourth-order valence-electron chi connectivity index (χ4n) is 2.08. The van der Waals surface area contributed by atoms with Gasteiger partial charge in [-0.15, -0.1) is 0 Å². The summed E-state index contributed by atoms with van der Waals surface area (Å²) in [6, 6.07) is 12.2. The van der Waals surface area contributed by atoms with Gasteiger partial charge in [-0.25, -0.2) is 0 Å². The molecule has 0 saturated heterocycles. The maximum atomic E-state index is 11.0. The van der Waals surface area contributed by atoms with Gasteiger partial charge in [0, 0.05) is 25.2 Å². The van der Waals surface area contributed by atoms with Crippen molar-refractivity contribution in [2.24, 2.45) is 0 Å². The minimum Gasteiger partial charge on any atom is -0.378 e. The van der Waals surface area contributed by atoms with Crippen LogP contribution in [-0.4, -0.2) is 22.9 Å². The monoisotopic (exact) mass is 327 g/mol. The summed E-state index contributed by atoms with van der Waals surface area (Å²) < 4.78 is 0. The number of nitro groups is 2. The number of benzene rings is 2. The molecule has 0 amide bonds. The zero-order chi connectivity index (χ0) is 17.5. The Labute approximate surface area is 136 Å². The summed E-state index contributed by atoms with van der Waals surface area (Å²) in [6.07, 6.45) is 0. The van der Waals surface area contributed by atoms with Crippen LogP contribution in [0.3, 0.4) is 0 Å². The number of nitrogens with one attached hydrogen (secondary N) is 2. The molecule has 0 aliphatic carbocycles. The molecule has 2 aromatic carbocycles. The number of hydrogen-bond donors (Lipinski definition) is 2. The zero-order valence-corrected chi connectivity index (χ0v) is 12.4. The summed E-state index contributed by atoms with van der Waals surface area (Å²) in [7, 11) is 0. The second-order valence-corrected chi connectivity index (χ2v) is 4.73. The Balaban J connectivity index is 2.00. The second-order valence-electron chi connectivity index (χ2n) is 4.73. The molecule has 0 bridgehead atoms. The summed E-state index contributed by atoms with van der Waals surface area (Å²) >= 11 is 0. The lowest BCUT2D eigenvalue weighted by molar-refractivity contribution is -0.384. The molecule has 0 heterocycles. The molecule has 9 heteroatoms. The average Bonchev–Trinajstić information content (AvgIpc) is 2.58. The molecule has 0 fully saturated rings. The predicted molar refractivity (Wildman–Crippen MR) is 87.9 cm³/mol. The van der Waals surface area contributed by atoms with Crippen molar-refractivity contribution in [2.75, 3.05) is 23.7 Å². The van der Waals surface area contributed by atoms with Crippen molar-refractivity contribution in [1.29, 1.82) is 5.26 Å². The molecule has 2 aromatic rings. The van der Waals surface area contributed by atoms with Gasteiger partial charge in [-0.05, 0) is 18.2 Å². The van der Waals surface area contributed by atoms with Crippen LogP contribution in [0.2, 0.25) is 0 Å². The van der Waals surface area contributed by atoms with Crippen LogP contribution in [-0.2, 0) is 0 Å². The lowest BCUT2D eigenvalue weighted by Crippen LogP contribution is -2.15. The lowest BCUT2D eigenvalue weighted by atomic mass is 10.2. The highest BCUT2D eigenvalue weighted by Crippen LogP contribution is 2.25. The molecule has 0 aliphatic rings. The van der Waals surface area contributed by atoms with Crippen LogP contribution in [0.4, 0.5) is 22.7 Å². The third kappa shape index (κ3) is 3.95. The Morgan fingerprint density at radius 3 is 2.08 bits per heavy atom. The van der Waals surface area contributed by atoms with E-state index in [1.165, 1.54) is 24.3 Å². The molecular formula is C15H13N5O4. The molecule has 0 unspecified atom stereocenters. The number of hydrogen-bond acceptors (Lipinski definition) is 7. The van der Waals surface area contributed by atoms with Gasteiger partial charge in [0.05, 0.1) is 21.5 Å². The molecular weight excluding hydrogens is 314 g/mol. The molecule has 0 spiro atoms. The minimum atomic E-state index is -0.571. The summed E-state index contributed by atoms with van der Waals surface area (Å²) in [5, 5.41) is 36.5. The van der Waals surface area contributed by atoms with Crippen LogP contribution in [0.5, 0.6) is 0 Å². The van der Waals surface area contributed by atoms with Gasteiger partial charge in [0.25, 0.3) is 11.4 Å². The summed E-state index contributed by atoms with van der Waals surface area (Å²) in [5.41, 5.74) is 0.619. The first-order valence-corrected chi connectivity index (χ1v) is 6.92. The summed E-state index contributed by atoms with van der Waals surface area (Å²) in [4.78, 5) is 20.9. The van der Waals surface area contributed by atoms with E-state index in [-0.39, 0.29) is 22.6 Å². The molecule has 0 saturated carbocycles. The first-order chi connectivity index (χ1) is 11.5. The fraction of sp³-hybridized carbons (Fsp3) is 0.133. The first-order valence-electron chi connectivity index (χ1n) is 6.92. The number of para-hydroxylation sites is 2. The van der Waals surface area contributed by atoms with Crippen LogP contribution < -0.4 is 10.6 Å². The Kier molecular flexibility index (Phi) is 5.25. The first kappa shape index (κ1) is 16.7. The van der Waals surface area contributed by atoms with E-state index in [1.54, 1.807) is 18.2 Å². The van der Waals surface area contributed by atoms with E-state index >= 15 is 0 Å². The van der Waals surface area contributed by atoms with E-state index in [0.717, 1.165) is 0 Å². The molecule has 24 heavy (non-hydrogen) atoms. The largest absolute Gasteiger partial charge is 0.378 e. The van der Waals surface area contributed by atoms with E-state index in [9.17, 15) is 20.2 Å². The van der Waals surface area contributed by atoms with Gasteiger partial charge in [0.1, 0.15) is 11.4 Å². The SMILES string of the molecule is N#Cc1ccc(NCCNc2ccccc2[N+](=O)[O-])c([N+](=O)[O-])c1. The van der Waals surface area contributed by atoms with E-state index < -0.39 is 9.85 Å². The standard InChI is InChI=1S/C15H13N5O4/c16-10-11-5-6-13(15(9-11)20(23)24)18-8-7-17-12-3-1-2-4-14(12)19(21)22/h1-6,9,17-18H,7-8H2. The van der Waals surface area contributed by atoms with E-state index in [4.69, 9.17) is 5.26 Å². The van der Waals surface area contributed by atoms with Crippen LogP contribution >= 0.6 is 0 Å².